The highest BCUT2D eigenvalue weighted by molar-refractivity contribution is 5.95. The summed E-state index contributed by atoms with van der Waals surface area (Å²) in [6.07, 6.45) is 6.49. The molecule has 150 valence electrons. The number of carbonyl (C=O) groups is 1. The van der Waals surface area contributed by atoms with Crippen molar-refractivity contribution in [2.24, 2.45) is 28.9 Å². The van der Waals surface area contributed by atoms with E-state index in [1.54, 1.807) is 6.20 Å². The largest absolute Gasteiger partial charge is 0.370 e. The zero-order valence-electron chi connectivity index (χ0n) is 16.6. The number of hydrogen-bond acceptors (Lipinski definition) is 5. The second kappa shape index (κ2) is 7.00. The topological polar surface area (TPSA) is 95.0 Å². The van der Waals surface area contributed by atoms with Crippen LogP contribution in [0.3, 0.4) is 0 Å². The molecular weight excluding hydrogens is 362 g/mol. The number of nitrogens with one attached hydrogen (secondary N) is 1. The number of primary amides is 1. The van der Waals surface area contributed by atoms with E-state index >= 15 is 0 Å². The second-order valence-corrected chi connectivity index (χ2v) is 8.96. The predicted molar refractivity (Wildman–Crippen MR) is 112 cm³/mol. The fourth-order valence-electron chi connectivity index (χ4n) is 6.03. The molecule has 0 bridgehead atoms. The first kappa shape index (κ1) is 18.4. The molecular formula is C23H27N5O. The molecule has 0 radical (unpaired) electrons. The molecule has 3 N–H and O–H groups in total. The van der Waals surface area contributed by atoms with E-state index in [4.69, 9.17) is 5.73 Å². The van der Waals surface area contributed by atoms with Crippen molar-refractivity contribution in [1.82, 2.24) is 10.3 Å². The van der Waals surface area contributed by atoms with Gasteiger partial charge in [-0.2, -0.15) is 5.26 Å². The van der Waals surface area contributed by atoms with Crippen molar-refractivity contribution in [3.63, 3.8) is 0 Å². The summed E-state index contributed by atoms with van der Waals surface area (Å²) in [6.45, 7) is 3.71. The quantitative estimate of drug-likeness (QED) is 0.841. The van der Waals surface area contributed by atoms with E-state index in [0.717, 1.165) is 42.6 Å². The van der Waals surface area contributed by atoms with Gasteiger partial charge in [-0.05, 0) is 74.9 Å². The molecule has 3 fully saturated rings. The van der Waals surface area contributed by atoms with Gasteiger partial charge in [-0.25, -0.2) is 0 Å². The molecule has 1 saturated carbocycles. The van der Waals surface area contributed by atoms with E-state index in [9.17, 15) is 10.1 Å². The van der Waals surface area contributed by atoms with Crippen molar-refractivity contribution in [1.29, 1.82) is 5.26 Å². The zero-order valence-corrected chi connectivity index (χ0v) is 16.6. The fraction of sp³-hybridized carbons (Fsp3) is 0.522. The normalized spacial score (nSPS) is 31.6. The number of rotatable bonds is 3. The molecule has 4 atom stereocenters. The number of aromatic nitrogens is 1. The number of nitrogens with zero attached hydrogens (tertiary/aromatic N) is 3. The molecule has 6 nitrogen and oxygen atoms in total. The first-order valence-electron chi connectivity index (χ1n) is 10.7. The Hall–Kier alpha value is -2.65. The monoisotopic (exact) mass is 389 g/mol. The van der Waals surface area contributed by atoms with Gasteiger partial charge in [-0.1, -0.05) is 0 Å². The molecule has 29 heavy (non-hydrogen) atoms. The smallest absolute Gasteiger partial charge is 0.222 e. The molecule has 1 spiro atoms. The van der Waals surface area contributed by atoms with Crippen LogP contribution in [0.1, 0.15) is 31.2 Å². The van der Waals surface area contributed by atoms with Crippen LogP contribution in [0.15, 0.2) is 30.5 Å². The Kier molecular flexibility index (Phi) is 4.44. The summed E-state index contributed by atoms with van der Waals surface area (Å²) in [5.74, 6) is 1.00. The van der Waals surface area contributed by atoms with Gasteiger partial charge in [0.05, 0.1) is 17.0 Å². The van der Waals surface area contributed by atoms with Crippen LogP contribution < -0.4 is 16.0 Å². The summed E-state index contributed by atoms with van der Waals surface area (Å²) >= 11 is 0. The van der Waals surface area contributed by atoms with Crippen LogP contribution in [0.4, 0.5) is 5.69 Å². The average molecular weight is 390 g/mol. The first-order chi connectivity index (χ1) is 14.1. The lowest BCUT2D eigenvalue weighted by Crippen LogP contribution is -2.32. The Morgan fingerprint density at radius 1 is 1.31 bits per heavy atom. The van der Waals surface area contributed by atoms with Gasteiger partial charge in [-0.3, -0.25) is 9.78 Å². The Bertz CT molecular complexity index is 990. The second-order valence-electron chi connectivity index (χ2n) is 8.96. The van der Waals surface area contributed by atoms with E-state index in [0.29, 0.717) is 23.9 Å². The van der Waals surface area contributed by atoms with Crippen molar-refractivity contribution in [2.75, 3.05) is 31.1 Å². The molecule has 5 rings (SSSR count). The van der Waals surface area contributed by atoms with Crippen LogP contribution in [0, 0.1) is 34.5 Å². The molecule has 3 aliphatic rings. The Morgan fingerprint density at radius 2 is 2.21 bits per heavy atom. The van der Waals surface area contributed by atoms with Crippen LogP contribution in [0.5, 0.6) is 0 Å². The molecule has 3 heterocycles. The molecule has 4 unspecified atom stereocenters. The van der Waals surface area contributed by atoms with E-state index in [2.05, 4.69) is 21.3 Å². The van der Waals surface area contributed by atoms with Gasteiger partial charge < -0.3 is 16.0 Å². The standard InChI is InChI=1S/C23H27N5O/c24-12-16-5-6-20(17-4-2-9-27-21(16)17)28-13-19(22(25)29)23(14-28)11-18(23)15-3-1-8-26-10-7-15/h2,4-6,9,15,18-19,26H,1,3,7-8,10-11,13-14H2,(H2,25,29). The number of carbonyl (C=O) groups excluding carboxylic acids is 1. The number of anilines is 1. The number of pyridine rings is 1. The summed E-state index contributed by atoms with van der Waals surface area (Å²) < 4.78 is 0. The molecule has 1 aliphatic carbocycles. The third-order valence-electron chi connectivity index (χ3n) is 7.50. The maximum atomic E-state index is 12.4. The highest BCUT2D eigenvalue weighted by atomic mass is 16.1. The maximum Gasteiger partial charge on any atom is 0.222 e. The molecule has 1 aromatic carbocycles. The van der Waals surface area contributed by atoms with E-state index in [1.165, 1.54) is 19.3 Å². The van der Waals surface area contributed by atoms with Crippen LogP contribution in [0.2, 0.25) is 0 Å². The van der Waals surface area contributed by atoms with Gasteiger partial charge in [0.1, 0.15) is 6.07 Å². The van der Waals surface area contributed by atoms with Crippen LogP contribution in [0.25, 0.3) is 10.9 Å². The molecule has 2 saturated heterocycles. The summed E-state index contributed by atoms with van der Waals surface area (Å²) in [6, 6.07) is 10.0. The summed E-state index contributed by atoms with van der Waals surface area (Å²) in [5, 5.41) is 13.9. The molecule has 6 heteroatoms. The van der Waals surface area contributed by atoms with Crippen LogP contribution >= 0.6 is 0 Å². The number of fused-ring (bicyclic) bond motifs is 1. The summed E-state index contributed by atoms with van der Waals surface area (Å²) in [7, 11) is 0. The average Bonchev–Trinajstić information content (AvgIpc) is 3.39. The highest BCUT2D eigenvalue weighted by Gasteiger charge is 2.66. The molecule has 1 aromatic heterocycles. The summed E-state index contributed by atoms with van der Waals surface area (Å²) in [5.41, 5.74) is 8.29. The third kappa shape index (κ3) is 2.96. The van der Waals surface area contributed by atoms with Crippen LogP contribution in [-0.2, 0) is 4.79 Å². The van der Waals surface area contributed by atoms with Gasteiger partial charge >= 0.3 is 0 Å². The van der Waals surface area contributed by atoms with Gasteiger partial charge in [0, 0.05) is 35.8 Å². The van der Waals surface area contributed by atoms with Gasteiger partial charge in [0.2, 0.25) is 5.91 Å². The molecule has 1 amide bonds. The predicted octanol–water partition coefficient (Wildman–Crippen LogP) is 2.42. The number of benzene rings is 1. The zero-order chi connectivity index (χ0) is 20.0. The van der Waals surface area contributed by atoms with Crippen molar-refractivity contribution < 1.29 is 4.79 Å². The van der Waals surface area contributed by atoms with Crippen molar-refractivity contribution in [3.8, 4) is 6.07 Å². The molecule has 2 aliphatic heterocycles. The minimum atomic E-state index is -0.169. The fourth-order valence-corrected chi connectivity index (χ4v) is 6.03. The first-order valence-corrected chi connectivity index (χ1v) is 10.7. The number of hydrogen-bond donors (Lipinski definition) is 2. The Balaban J connectivity index is 1.48. The third-order valence-corrected chi connectivity index (χ3v) is 7.50. The van der Waals surface area contributed by atoms with Crippen molar-refractivity contribution in [2.45, 2.75) is 25.7 Å². The Morgan fingerprint density at radius 3 is 3.03 bits per heavy atom. The minimum absolute atomic E-state index is 0.0171. The van der Waals surface area contributed by atoms with Crippen molar-refractivity contribution in [3.05, 3.63) is 36.0 Å². The lowest BCUT2D eigenvalue weighted by atomic mass is 9.83. The van der Waals surface area contributed by atoms with E-state index in [1.807, 2.05) is 24.3 Å². The summed E-state index contributed by atoms with van der Waals surface area (Å²) in [4.78, 5) is 19.2. The van der Waals surface area contributed by atoms with Crippen molar-refractivity contribution >= 4 is 22.5 Å². The van der Waals surface area contributed by atoms with E-state index < -0.39 is 0 Å². The number of nitriles is 1. The van der Waals surface area contributed by atoms with Crippen LogP contribution in [-0.4, -0.2) is 37.1 Å². The number of amides is 1. The maximum absolute atomic E-state index is 12.4. The minimum Gasteiger partial charge on any atom is -0.370 e. The Labute approximate surface area is 171 Å². The van der Waals surface area contributed by atoms with Gasteiger partial charge in [-0.15, -0.1) is 0 Å². The lowest BCUT2D eigenvalue weighted by molar-refractivity contribution is -0.122. The SMILES string of the molecule is N#Cc1ccc(N2CC(C(N)=O)C3(CC3C3CCCNCC3)C2)c2cccnc12. The van der Waals surface area contributed by atoms with Gasteiger partial charge in [0.25, 0.3) is 0 Å². The lowest BCUT2D eigenvalue weighted by Gasteiger charge is -2.22. The number of nitrogens with two attached hydrogens (primary N) is 1. The van der Waals surface area contributed by atoms with Gasteiger partial charge in [0.15, 0.2) is 0 Å². The molecule has 2 aromatic rings. The highest BCUT2D eigenvalue weighted by Crippen LogP contribution is 2.65. The van der Waals surface area contributed by atoms with E-state index in [-0.39, 0.29) is 17.2 Å².